The molecule has 1 aliphatic carbocycles. The third kappa shape index (κ3) is 4.19. The van der Waals surface area contributed by atoms with Crippen molar-refractivity contribution < 1.29 is 8.42 Å². The standard InChI is InChI=1S/C15H23ClN2O2S/c1-15(2)7-3-4-12(9-15)18-21(19,20)14-6-5-11(10-17)8-13(14)16/h5-6,8,12,18H,3-4,7,9-10,17H2,1-2H3. The van der Waals surface area contributed by atoms with Crippen LogP contribution in [0.2, 0.25) is 5.02 Å². The van der Waals surface area contributed by atoms with Gasteiger partial charge in [-0.05, 0) is 42.4 Å². The third-order valence-corrected chi connectivity index (χ3v) is 6.05. The minimum absolute atomic E-state index is 0.0241. The van der Waals surface area contributed by atoms with Crippen molar-refractivity contribution in [2.75, 3.05) is 0 Å². The first-order valence-electron chi connectivity index (χ1n) is 7.24. The largest absolute Gasteiger partial charge is 0.326 e. The van der Waals surface area contributed by atoms with Crippen molar-refractivity contribution in [3.63, 3.8) is 0 Å². The summed E-state index contributed by atoms with van der Waals surface area (Å²) in [6.07, 6.45) is 3.91. The van der Waals surface area contributed by atoms with E-state index in [9.17, 15) is 8.42 Å². The monoisotopic (exact) mass is 330 g/mol. The maximum absolute atomic E-state index is 12.5. The maximum Gasteiger partial charge on any atom is 0.242 e. The zero-order valence-corrected chi connectivity index (χ0v) is 14.1. The van der Waals surface area contributed by atoms with Crippen molar-refractivity contribution in [1.29, 1.82) is 0 Å². The summed E-state index contributed by atoms with van der Waals surface area (Å²) in [5.74, 6) is 0. The molecule has 0 aliphatic heterocycles. The van der Waals surface area contributed by atoms with Gasteiger partial charge in [0.2, 0.25) is 10.0 Å². The number of rotatable bonds is 4. The Kier molecular flexibility index (Phi) is 4.98. The minimum Gasteiger partial charge on any atom is -0.326 e. The minimum atomic E-state index is -3.59. The topological polar surface area (TPSA) is 72.2 Å². The fraction of sp³-hybridized carbons (Fsp3) is 0.600. The van der Waals surface area contributed by atoms with Gasteiger partial charge in [0.05, 0.1) is 5.02 Å². The average Bonchev–Trinajstić information content (AvgIpc) is 2.36. The predicted molar refractivity (Wildman–Crippen MR) is 85.7 cm³/mol. The van der Waals surface area contributed by atoms with Crippen LogP contribution in [-0.4, -0.2) is 14.5 Å². The highest BCUT2D eigenvalue weighted by atomic mass is 35.5. The molecule has 21 heavy (non-hydrogen) atoms. The number of hydrogen-bond donors (Lipinski definition) is 2. The number of sulfonamides is 1. The van der Waals surface area contributed by atoms with Crippen LogP contribution in [0.25, 0.3) is 0 Å². The first kappa shape index (κ1) is 16.7. The normalized spacial score (nSPS) is 22.2. The van der Waals surface area contributed by atoms with E-state index in [1.54, 1.807) is 12.1 Å². The average molecular weight is 331 g/mol. The molecule has 1 saturated carbocycles. The Balaban J connectivity index is 2.19. The van der Waals surface area contributed by atoms with E-state index in [1.165, 1.54) is 6.07 Å². The van der Waals surface area contributed by atoms with Gasteiger partial charge in [0.15, 0.2) is 0 Å². The molecule has 1 aromatic rings. The molecule has 1 unspecified atom stereocenters. The second kappa shape index (κ2) is 6.24. The lowest BCUT2D eigenvalue weighted by Gasteiger charge is -2.35. The Labute approximate surface area is 132 Å². The molecule has 0 bridgehead atoms. The summed E-state index contributed by atoms with van der Waals surface area (Å²) >= 11 is 6.09. The Morgan fingerprint density at radius 2 is 2.14 bits per heavy atom. The lowest BCUT2D eigenvalue weighted by Crippen LogP contribution is -2.40. The van der Waals surface area contributed by atoms with Gasteiger partial charge >= 0.3 is 0 Å². The van der Waals surface area contributed by atoms with Crippen LogP contribution in [0.1, 0.15) is 45.1 Å². The van der Waals surface area contributed by atoms with E-state index in [0.717, 1.165) is 31.2 Å². The second-order valence-electron chi connectivity index (χ2n) is 6.55. The summed E-state index contributed by atoms with van der Waals surface area (Å²) in [4.78, 5) is 0.129. The Morgan fingerprint density at radius 1 is 1.43 bits per heavy atom. The van der Waals surface area contributed by atoms with Crippen molar-refractivity contribution in [3.8, 4) is 0 Å². The van der Waals surface area contributed by atoms with E-state index in [2.05, 4.69) is 18.6 Å². The molecule has 1 aliphatic rings. The molecule has 0 aromatic heterocycles. The second-order valence-corrected chi connectivity index (χ2v) is 8.64. The van der Waals surface area contributed by atoms with Gasteiger partial charge in [0.25, 0.3) is 0 Å². The van der Waals surface area contributed by atoms with Crippen molar-refractivity contribution >= 4 is 21.6 Å². The summed E-state index contributed by atoms with van der Waals surface area (Å²) in [5.41, 5.74) is 6.53. The molecule has 0 amide bonds. The zero-order valence-electron chi connectivity index (χ0n) is 12.5. The number of hydrogen-bond acceptors (Lipinski definition) is 3. The molecule has 118 valence electrons. The van der Waals surface area contributed by atoms with Gasteiger partial charge in [-0.3, -0.25) is 0 Å². The third-order valence-electron chi connectivity index (χ3n) is 4.05. The molecule has 0 spiro atoms. The van der Waals surface area contributed by atoms with Crippen LogP contribution >= 0.6 is 11.6 Å². The van der Waals surface area contributed by atoms with Gasteiger partial charge in [0, 0.05) is 12.6 Å². The molecule has 1 atom stereocenters. The first-order chi connectivity index (χ1) is 9.73. The summed E-state index contributed by atoms with van der Waals surface area (Å²) in [6.45, 7) is 4.69. The fourth-order valence-electron chi connectivity index (χ4n) is 2.97. The van der Waals surface area contributed by atoms with Gasteiger partial charge in [-0.25, -0.2) is 13.1 Å². The highest BCUT2D eigenvalue weighted by Gasteiger charge is 2.31. The molecule has 1 fully saturated rings. The van der Waals surface area contributed by atoms with E-state index >= 15 is 0 Å². The number of benzene rings is 1. The lowest BCUT2D eigenvalue weighted by molar-refractivity contribution is 0.212. The van der Waals surface area contributed by atoms with E-state index in [-0.39, 0.29) is 21.4 Å². The Hall–Kier alpha value is -0.620. The van der Waals surface area contributed by atoms with E-state index < -0.39 is 10.0 Å². The van der Waals surface area contributed by atoms with E-state index in [4.69, 9.17) is 17.3 Å². The SMILES string of the molecule is CC1(C)CCCC(NS(=O)(=O)c2ccc(CN)cc2Cl)C1. The summed E-state index contributed by atoms with van der Waals surface area (Å²) < 4.78 is 27.8. The molecule has 0 radical (unpaired) electrons. The van der Waals surface area contributed by atoms with Crippen LogP contribution in [0.15, 0.2) is 23.1 Å². The smallest absolute Gasteiger partial charge is 0.242 e. The van der Waals surface area contributed by atoms with Crippen LogP contribution in [0.5, 0.6) is 0 Å². The molecular formula is C15H23ClN2O2S. The Morgan fingerprint density at radius 3 is 2.71 bits per heavy atom. The van der Waals surface area contributed by atoms with Crippen molar-refractivity contribution in [1.82, 2.24) is 4.72 Å². The highest BCUT2D eigenvalue weighted by molar-refractivity contribution is 7.89. The van der Waals surface area contributed by atoms with Crippen molar-refractivity contribution in [3.05, 3.63) is 28.8 Å². The van der Waals surface area contributed by atoms with Crippen LogP contribution in [0, 0.1) is 5.41 Å². The van der Waals surface area contributed by atoms with Gasteiger partial charge in [-0.1, -0.05) is 37.9 Å². The van der Waals surface area contributed by atoms with Gasteiger partial charge in [0.1, 0.15) is 4.90 Å². The van der Waals surface area contributed by atoms with E-state index in [1.807, 2.05) is 0 Å². The van der Waals surface area contributed by atoms with Gasteiger partial charge in [-0.15, -0.1) is 0 Å². The molecule has 6 heteroatoms. The summed E-state index contributed by atoms with van der Waals surface area (Å²) in [7, 11) is -3.59. The highest BCUT2D eigenvalue weighted by Crippen LogP contribution is 2.36. The van der Waals surface area contributed by atoms with Crippen molar-refractivity contribution in [2.24, 2.45) is 11.1 Å². The summed E-state index contributed by atoms with van der Waals surface area (Å²) in [5, 5.41) is 0.223. The number of nitrogens with two attached hydrogens (primary N) is 1. The molecule has 2 rings (SSSR count). The van der Waals surface area contributed by atoms with Crippen LogP contribution in [0.3, 0.4) is 0 Å². The molecule has 1 aromatic carbocycles. The van der Waals surface area contributed by atoms with Gasteiger partial charge < -0.3 is 5.73 Å². The predicted octanol–water partition coefficient (Wildman–Crippen LogP) is 3.05. The zero-order chi connectivity index (χ0) is 15.7. The fourth-order valence-corrected chi connectivity index (χ4v) is 4.81. The number of halogens is 1. The van der Waals surface area contributed by atoms with E-state index in [0.29, 0.717) is 6.54 Å². The van der Waals surface area contributed by atoms with Crippen molar-refractivity contribution in [2.45, 2.75) is 57.0 Å². The van der Waals surface area contributed by atoms with Gasteiger partial charge in [-0.2, -0.15) is 0 Å². The van der Waals surface area contributed by atoms with Crippen LogP contribution in [-0.2, 0) is 16.6 Å². The quantitative estimate of drug-likeness (QED) is 0.891. The maximum atomic E-state index is 12.5. The lowest BCUT2D eigenvalue weighted by atomic mass is 9.75. The number of nitrogens with one attached hydrogen (secondary N) is 1. The Bertz CT molecular complexity index is 614. The molecule has 3 N–H and O–H groups in total. The van der Waals surface area contributed by atoms with Crippen LogP contribution in [0.4, 0.5) is 0 Å². The summed E-state index contributed by atoms with van der Waals surface area (Å²) in [6, 6.07) is 4.82. The van der Waals surface area contributed by atoms with Crippen LogP contribution < -0.4 is 10.5 Å². The molecule has 0 saturated heterocycles. The molecule has 0 heterocycles. The molecule has 4 nitrogen and oxygen atoms in total. The molecular weight excluding hydrogens is 308 g/mol. The first-order valence-corrected chi connectivity index (χ1v) is 9.10.